The van der Waals surface area contributed by atoms with Gasteiger partial charge in [-0.3, -0.25) is 0 Å². The number of alkyl halides is 3. The molecule has 78 valence electrons. The molecule has 0 aromatic heterocycles. The van der Waals surface area contributed by atoms with Crippen LogP contribution in [0, 0.1) is 0 Å². The van der Waals surface area contributed by atoms with Gasteiger partial charge in [0.25, 0.3) is 0 Å². The summed E-state index contributed by atoms with van der Waals surface area (Å²) in [6.07, 6.45) is -1.79. The van der Waals surface area contributed by atoms with Gasteiger partial charge in [-0.15, -0.1) is 0 Å². The number of nitrogens with one attached hydrogen (secondary N) is 2. The molecule has 0 heterocycles. The van der Waals surface area contributed by atoms with Crippen LogP contribution in [0.15, 0.2) is 0 Å². The van der Waals surface area contributed by atoms with Crippen LogP contribution in [0.1, 0.15) is 19.8 Å². The van der Waals surface area contributed by atoms with Crippen LogP contribution in [0.25, 0.3) is 0 Å². The van der Waals surface area contributed by atoms with Crippen LogP contribution >= 0.6 is 0 Å². The second kappa shape index (κ2) is 4.28. The zero-order valence-corrected chi connectivity index (χ0v) is 7.62. The van der Waals surface area contributed by atoms with Crippen molar-refractivity contribution in [1.82, 2.24) is 10.6 Å². The standard InChI is InChI=1S/C8H15F3N2/c1-6(13-7-2-3-7)4-12-5-8(9,10)11/h6-7,12-13H,2-5H2,1H3. The van der Waals surface area contributed by atoms with Gasteiger partial charge in [0.15, 0.2) is 0 Å². The van der Waals surface area contributed by atoms with Gasteiger partial charge in [-0.1, -0.05) is 0 Å². The van der Waals surface area contributed by atoms with E-state index in [9.17, 15) is 13.2 Å². The molecule has 1 atom stereocenters. The van der Waals surface area contributed by atoms with Crippen LogP contribution in [0.2, 0.25) is 0 Å². The third-order valence-electron chi connectivity index (χ3n) is 1.87. The molecule has 1 unspecified atom stereocenters. The minimum absolute atomic E-state index is 0.120. The highest BCUT2D eigenvalue weighted by Crippen LogP contribution is 2.19. The highest BCUT2D eigenvalue weighted by atomic mass is 19.4. The maximum Gasteiger partial charge on any atom is 0.401 e. The largest absolute Gasteiger partial charge is 0.401 e. The van der Waals surface area contributed by atoms with E-state index in [2.05, 4.69) is 10.6 Å². The zero-order valence-electron chi connectivity index (χ0n) is 7.62. The van der Waals surface area contributed by atoms with Gasteiger partial charge in [-0.05, 0) is 19.8 Å². The Labute approximate surface area is 75.9 Å². The van der Waals surface area contributed by atoms with E-state index in [4.69, 9.17) is 0 Å². The summed E-state index contributed by atoms with van der Waals surface area (Å²) in [5.74, 6) is 0. The predicted molar refractivity (Wildman–Crippen MR) is 44.5 cm³/mol. The van der Waals surface area contributed by atoms with E-state index in [1.807, 2.05) is 6.92 Å². The van der Waals surface area contributed by atoms with E-state index in [1.54, 1.807) is 0 Å². The van der Waals surface area contributed by atoms with Crippen molar-refractivity contribution in [2.75, 3.05) is 13.1 Å². The minimum atomic E-state index is -4.10. The molecule has 1 fully saturated rings. The van der Waals surface area contributed by atoms with Crippen molar-refractivity contribution in [3.8, 4) is 0 Å². The van der Waals surface area contributed by atoms with E-state index >= 15 is 0 Å². The maximum atomic E-state index is 11.7. The Bertz CT molecular complexity index is 154. The van der Waals surface area contributed by atoms with Gasteiger partial charge in [-0.25, -0.2) is 0 Å². The summed E-state index contributed by atoms with van der Waals surface area (Å²) in [6, 6.07) is 0.664. The van der Waals surface area contributed by atoms with Crippen LogP contribution in [-0.4, -0.2) is 31.3 Å². The molecule has 0 amide bonds. The monoisotopic (exact) mass is 196 g/mol. The molecule has 0 aromatic carbocycles. The first-order chi connectivity index (χ1) is 5.97. The molecular formula is C8H15F3N2. The first-order valence-corrected chi connectivity index (χ1v) is 4.51. The van der Waals surface area contributed by atoms with Gasteiger partial charge in [0.05, 0.1) is 6.54 Å². The van der Waals surface area contributed by atoms with Crippen molar-refractivity contribution in [3.05, 3.63) is 0 Å². The van der Waals surface area contributed by atoms with Gasteiger partial charge in [-0.2, -0.15) is 13.2 Å². The molecule has 1 saturated carbocycles. The lowest BCUT2D eigenvalue weighted by atomic mass is 10.3. The first-order valence-electron chi connectivity index (χ1n) is 4.51. The van der Waals surface area contributed by atoms with Crippen molar-refractivity contribution >= 4 is 0 Å². The van der Waals surface area contributed by atoms with Crippen LogP contribution in [0.3, 0.4) is 0 Å². The molecule has 1 aliphatic carbocycles. The normalized spacial score (nSPS) is 20.3. The average molecular weight is 196 g/mol. The molecule has 0 spiro atoms. The second-order valence-corrected chi connectivity index (χ2v) is 3.59. The van der Waals surface area contributed by atoms with E-state index in [0.29, 0.717) is 12.6 Å². The Balaban J connectivity index is 1.97. The van der Waals surface area contributed by atoms with Crippen molar-refractivity contribution in [2.45, 2.75) is 38.0 Å². The molecule has 1 aliphatic rings. The summed E-state index contributed by atoms with van der Waals surface area (Å²) in [4.78, 5) is 0. The molecule has 2 N–H and O–H groups in total. The quantitative estimate of drug-likeness (QED) is 0.692. The lowest BCUT2D eigenvalue weighted by molar-refractivity contribution is -0.124. The maximum absolute atomic E-state index is 11.7. The van der Waals surface area contributed by atoms with E-state index in [1.165, 1.54) is 0 Å². The van der Waals surface area contributed by atoms with E-state index in [-0.39, 0.29) is 6.04 Å². The van der Waals surface area contributed by atoms with Gasteiger partial charge in [0.1, 0.15) is 0 Å². The predicted octanol–water partition coefficient (Wildman–Crippen LogP) is 1.28. The Kier molecular flexibility index (Phi) is 3.55. The smallest absolute Gasteiger partial charge is 0.310 e. The third-order valence-corrected chi connectivity index (χ3v) is 1.87. The van der Waals surface area contributed by atoms with Crippen molar-refractivity contribution in [3.63, 3.8) is 0 Å². The molecule has 2 nitrogen and oxygen atoms in total. The van der Waals surface area contributed by atoms with E-state index in [0.717, 1.165) is 12.8 Å². The fraction of sp³-hybridized carbons (Fsp3) is 1.00. The topological polar surface area (TPSA) is 24.1 Å². The zero-order chi connectivity index (χ0) is 9.90. The number of rotatable bonds is 5. The van der Waals surface area contributed by atoms with Crippen LogP contribution in [-0.2, 0) is 0 Å². The molecule has 0 aromatic rings. The molecular weight excluding hydrogens is 181 g/mol. The highest BCUT2D eigenvalue weighted by Gasteiger charge is 2.27. The summed E-state index contributed by atoms with van der Waals surface area (Å²) in [6.45, 7) is 1.36. The van der Waals surface area contributed by atoms with Crippen molar-refractivity contribution in [2.24, 2.45) is 0 Å². The summed E-state index contributed by atoms with van der Waals surface area (Å²) in [5, 5.41) is 5.58. The van der Waals surface area contributed by atoms with Gasteiger partial charge in [0, 0.05) is 18.6 Å². The summed E-state index contributed by atoms with van der Waals surface area (Å²) >= 11 is 0. The number of hydrogen-bond donors (Lipinski definition) is 2. The minimum Gasteiger partial charge on any atom is -0.310 e. The lowest BCUT2D eigenvalue weighted by Gasteiger charge is -2.14. The Morgan fingerprint density at radius 2 is 2.00 bits per heavy atom. The van der Waals surface area contributed by atoms with Crippen LogP contribution in [0.4, 0.5) is 13.2 Å². The second-order valence-electron chi connectivity index (χ2n) is 3.59. The van der Waals surface area contributed by atoms with Gasteiger partial charge in [0.2, 0.25) is 0 Å². The van der Waals surface area contributed by atoms with E-state index < -0.39 is 12.7 Å². The lowest BCUT2D eigenvalue weighted by Crippen LogP contribution is -2.40. The molecule has 5 heteroatoms. The number of hydrogen-bond acceptors (Lipinski definition) is 2. The molecule has 1 rings (SSSR count). The molecule has 0 bridgehead atoms. The Morgan fingerprint density at radius 3 is 2.46 bits per heavy atom. The first kappa shape index (κ1) is 10.8. The molecule has 13 heavy (non-hydrogen) atoms. The van der Waals surface area contributed by atoms with Crippen LogP contribution in [0.5, 0.6) is 0 Å². The van der Waals surface area contributed by atoms with Crippen LogP contribution < -0.4 is 10.6 Å². The summed E-state index contributed by atoms with van der Waals surface area (Å²) < 4.78 is 35.1. The summed E-state index contributed by atoms with van der Waals surface area (Å²) in [5.41, 5.74) is 0. The summed E-state index contributed by atoms with van der Waals surface area (Å²) in [7, 11) is 0. The third kappa shape index (κ3) is 5.87. The average Bonchev–Trinajstić information content (AvgIpc) is 2.68. The fourth-order valence-electron chi connectivity index (χ4n) is 1.14. The van der Waals surface area contributed by atoms with Gasteiger partial charge >= 0.3 is 6.18 Å². The SMILES string of the molecule is CC(CNCC(F)(F)F)NC1CC1. The highest BCUT2D eigenvalue weighted by molar-refractivity contribution is 4.84. The van der Waals surface area contributed by atoms with Crippen molar-refractivity contribution in [1.29, 1.82) is 0 Å². The van der Waals surface area contributed by atoms with Crippen molar-refractivity contribution < 1.29 is 13.2 Å². The molecule has 0 radical (unpaired) electrons. The fourth-order valence-corrected chi connectivity index (χ4v) is 1.14. The number of halogens is 3. The van der Waals surface area contributed by atoms with Gasteiger partial charge < -0.3 is 10.6 Å². The Hall–Kier alpha value is -0.290. The Morgan fingerprint density at radius 1 is 1.38 bits per heavy atom. The molecule has 0 aliphatic heterocycles. The molecule has 0 saturated heterocycles.